The molecular weight excluding hydrogens is 314 g/mol. The van der Waals surface area contributed by atoms with Crippen LogP contribution < -0.4 is 5.32 Å². The standard InChI is InChI=1S/C19H21N5O/c1-13-6-2-5-9-16(13)21-18(25)11-10-17-22-23-19-15-8-4-3-7-14(15)12-20-24(17)19/h3-4,7-8,10-13,16H,2,5-6,9H2,1H3,(H,21,25). The lowest BCUT2D eigenvalue weighted by atomic mass is 9.86. The van der Waals surface area contributed by atoms with E-state index in [9.17, 15) is 4.79 Å². The molecule has 6 nitrogen and oxygen atoms in total. The summed E-state index contributed by atoms with van der Waals surface area (Å²) in [6.45, 7) is 2.20. The number of hydrogen-bond donors (Lipinski definition) is 1. The maximum Gasteiger partial charge on any atom is 0.244 e. The molecule has 0 spiro atoms. The zero-order valence-corrected chi connectivity index (χ0v) is 14.2. The molecule has 1 aromatic carbocycles. The van der Waals surface area contributed by atoms with E-state index in [1.54, 1.807) is 16.8 Å². The van der Waals surface area contributed by atoms with Crippen molar-refractivity contribution in [2.45, 2.75) is 38.6 Å². The molecule has 1 fully saturated rings. The smallest absolute Gasteiger partial charge is 0.244 e. The summed E-state index contributed by atoms with van der Waals surface area (Å²) in [6, 6.07) is 8.18. The van der Waals surface area contributed by atoms with E-state index in [-0.39, 0.29) is 11.9 Å². The number of aromatic nitrogens is 4. The van der Waals surface area contributed by atoms with Gasteiger partial charge in [-0.1, -0.05) is 44.0 Å². The van der Waals surface area contributed by atoms with E-state index in [1.165, 1.54) is 25.3 Å². The van der Waals surface area contributed by atoms with Gasteiger partial charge < -0.3 is 5.32 Å². The second kappa shape index (κ2) is 6.63. The lowest BCUT2D eigenvalue weighted by Crippen LogP contribution is -2.40. The maximum atomic E-state index is 12.2. The number of amides is 1. The van der Waals surface area contributed by atoms with Crippen LogP contribution >= 0.6 is 0 Å². The van der Waals surface area contributed by atoms with Crippen molar-refractivity contribution in [1.82, 2.24) is 25.1 Å². The molecule has 1 saturated carbocycles. The first kappa shape index (κ1) is 15.7. The average molecular weight is 335 g/mol. The Morgan fingerprint density at radius 3 is 2.96 bits per heavy atom. The fourth-order valence-electron chi connectivity index (χ4n) is 3.52. The summed E-state index contributed by atoms with van der Waals surface area (Å²) in [5.41, 5.74) is 0.694. The van der Waals surface area contributed by atoms with Crippen molar-refractivity contribution >= 4 is 28.4 Å². The number of nitrogens with one attached hydrogen (secondary N) is 1. The van der Waals surface area contributed by atoms with E-state index < -0.39 is 0 Å². The molecule has 0 aliphatic heterocycles. The van der Waals surface area contributed by atoms with E-state index in [0.717, 1.165) is 17.2 Å². The van der Waals surface area contributed by atoms with Gasteiger partial charge in [-0.05, 0) is 24.8 Å². The molecule has 2 unspecified atom stereocenters. The molecule has 2 heterocycles. The van der Waals surface area contributed by atoms with Crippen LogP contribution in [0.1, 0.15) is 38.4 Å². The third-order valence-corrected chi connectivity index (χ3v) is 5.00. The highest BCUT2D eigenvalue weighted by atomic mass is 16.1. The minimum Gasteiger partial charge on any atom is -0.350 e. The summed E-state index contributed by atoms with van der Waals surface area (Å²) in [6.07, 6.45) is 9.66. The SMILES string of the molecule is CC1CCCCC1NC(=O)C=Cc1nnc2c3ccccc3cnn12. The number of hydrogen-bond acceptors (Lipinski definition) is 4. The Labute approximate surface area is 145 Å². The first-order valence-electron chi connectivity index (χ1n) is 8.80. The molecule has 1 aliphatic carbocycles. The number of rotatable bonds is 3. The number of benzene rings is 1. The predicted molar refractivity (Wildman–Crippen MR) is 96.9 cm³/mol. The Bertz CT molecular complexity index is 945. The quantitative estimate of drug-likeness (QED) is 0.747. The second-order valence-corrected chi connectivity index (χ2v) is 6.74. The molecule has 1 amide bonds. The van der Waals surface area contributed by atoms with E-state index >= 15 is 0 Å². The van der Waals surface area contributed by atoms with Crippen LogP contribution in [0, 0.1) is 5.92 Å². The first-order valence-corrected chi connectivity index (χ1v) is 8.80. The molecule has 2 atom stereocenters. The molecule has 0 radical (unpaired) electrons. The van der Waals surface area contributed by atoms with Gasteiger partial charge in [0.15, 0.2) is 11.5 Å². The number of carbonyl (C=O) groups is 1. The van der Waals surface area contributed by atoms with Gasteiger partial charge in [0.1, 0.15) is 0 Å². The van der Waals surface area contributed by atoms with Crippen LogP contribution in [0.25, 0.3) is 22.5 Å². The van der Waals surface area contributed by atoms with Crippen molar-refractivity contribution in [1.29, 1.82) is 0 Å². The predicted octanol–water partition coefficient (Wildman–Crippen LogP) is 2.99. The van der Waals surface area contributed by atoms with Crippen molar-refractivity contribution in [2.24, 2.45) is 5.92 Å². The Kier molecular flexibility index (Phi) is 4.17. The van der Waals surface area contributed by atoms with Gasteiger partial charge in [0.25, 0.3) is 0 Å². The van der Waals surface area contributed by atoms with Crippen LogP contribution in [0.15, 0.2) is 36.5 Å². The van der Waals surface area contributed by atoms with Crippen LogP contribution in [-0.4, -0.2) is 31.8 Å². The van der Waals surface area contributed by atoms with Crippen molar-refractivity contribution in [3.8, 4) is 0 Å². The highest BCUT2D eigenvalue weighted by Crippen LogP contribution is 2.23. The van der Waals surface area contributed by atoms with Gasteiger partial charge in [-0.3, -0.25) is 4.79 Å². The van der Waals surface area contributed by atoms with Crippen LogP contribution in [0.2, 0.25) is 0 Å². The van der Waals surface area contributed by atoms with Gasteiger partial charge in [0.05, 0.1) is 6.20 Å². The minimum absolute atomic E-state index is 0.0868. The third-order valence-electron chi connectivity index (χ3n) is 5.00. The summed E-state index contributed by atoms with van der Waals surface area (Å²) in [7, 11) is 0. The summed E-state index contributed by atoms with van der Waals surface area (Å²) in [4.78, 5) is 12.2. The number of fused-ring (bicyclic) bond motifs is 3. The van der Waals surface area contributed by atoms with Crippen LogP contribution in [-0.2, 0) is 4.79 Å². The van der Waals surface area contributed by atoms with Crippen LogP contribution in [0.3, 0.4) is 0 Å². The summed E-state index contributed by atoms with van der Waals surface area (Å²) < 4.78 is 1.66. The summed E-state index contributed by atoms with van der Waals surface area (Å²) in [5, 5.41) is 17.9. The topological polar surface area (TPSA) is 72.2 Å². The molecule has 128 valence electrons. The van der Waals surface area contributed by atoms with E-state index in [0.29, 0.717) is 17.4 Å². The van der Waals surface area contributed by atoms with E-state index in [4.69, 9.17) is 0 Å². The van der Waals surface area contributed by atoms with Crippen molar-refractivity contribution < 1.29 is 4.79 Å². The zero-order valence-electron chi connectivity index (χ0n) is 14.2. The average Bonchev–Trinajstić information content (AvgIpc) is 3.05. The normalized spacial score (nSPS) is 21.2. The van der Waals surface area contributed by atoms with Gasteiger partial charge in [-0.15, -0.1) is 10.2 Å². The lowest BCUT2D eigenvalue weighted by molar-refractivity contribution is -0.117. The van der Waals surface area contributed by atoms with Gasteiger partial charge in [0, 0.05) is 22.9 Å². The highest BCUT2D eigenvalue weighted by molar-refractivity contribution is 5.94. The molecule has 0 saturated heterocycles. The van der Waals surface area contributed by atoms with Gasteiger partial charge >= 0.3 is 0 Å². The third kappa shape index (κ3) is 3.12. The Morgan fingerprint density at radius 1 is 1.24 bits per heavy atom. The highest BCUT2D eigenvalue weighted by Gasteiger charge is 2.22. The van der Waals surface area contributed by atoms with Crippen molar-refractivity contribution in [3.63, 3.8) is 0 Å². The second-order valence-electron chi connectivity index (χ2n) is 6.74. The van der Waals surface area contributed by atoms with Crippen molar-refractivity contribution in [3.05, 3.63) is 42.4 Å². The maximum absolute atomic E-state index is 12.2. The molecule has 2 aromatic heterocycles. The van der Waals surface area contributed by atoms with E-state index in [2.05, 4.69) is 27.5 Å². The molecule has 25 heavy (non-hydrogen) atoms. The molecule has 0 bridgehead atoms. The molecule has 3 aromatic rings. The van der Waals surface area contributed by atoms with Gasteiger partial charge in [-0.25, -0.2) is 0 Å². The van der Waals surface area contributed by atoms with Crippen LogP contribution in [0.5, 0.6) is 0 Å². The number of carbonyl (C=O) groups excluding carboxylic acids is 1. The molecule has 1 aliphatic rings. The largest absolute Gasteiger partial charge is 0.350 e. The van der Waals surface area contributed by atoms with Crippen LogP contribution in [0.4, 0.5) is 0 Å². The fraction of sp³-hybridized carbons (Fsp3) is 0.368. The monoisotopic (exact) mass is 335 g/mol. The minimum atomic E-state index is -0.0868. The van der Waals surface area contributed by atoms with Gasteiger partial charge in [-0.2, -0.15) is 9.61 Å². The Morgan fingerprint density at radius 2 is 2.08 bits per heavy atom. The molecule has 4 rings (SSSR count). The summed E-state index contributed by atoms with van der Waals surface area (Å²) >= 11 is 0. The van der Waals surface area contributed by atoms with E-state index in [1.807, 2.05) is 24.3 Å². The first-order chi connectivity index (χ1) is 12.2. The van der Waals surface area contributed by atoms with Gasteiger partial charge in [0.2, 0.25) is 5.91 Å². The zero-order chi connectivity index (χ0) is 17.2. The molecular formula is C19H21N5O. The number of nitrogens with zero attached hydrogens (tertiary/aromatic N) is 4. The molecule has 1 N–H and O–H groups in total. The lowest BCUT2D eigenvalue weighted by Gasteiger charge is -2.29. The Hall–Kier alpha value is -2.76. The fourth-order valence-corrected chi connectivity index (χ4v) is 3.52. The molecule has 6 heteroatoms. The Balaban J connectivity index is 1.55. The van der Waals surface area contributed by atoms with Crippen molar-refractivity contribution in [2.75, 3.05) is 0 Å². The summed E-state index contributed by atoms with van der Waals surface area (Å²) in [5.74, 6) is 0.997.